The standard InChI is InChI=1S/C37H29N/c1-37(2)35-16-10-9-15-33(35)34-24-28-19-22-32(23-29(28)25-36(34)37)38(30-13-7-4-8-14-30)31-20-17-27(18-21-31)26-11-5-3-6-12-26/h3-25H,1-2H3. The zero-order valence-corrected chi connectivity index (χ0v) is 21.7. The van der Waals surface area contributed by atoms with Gasteiger partial charge in [-0.05, 0) is 92.7 Å². The van der Waals surface area contributed by atoms with E-state index in [0.717, 1.165) is 17.1 Å². The largest absolute Gasteiger partial charge is 0.310 e. The summed E-state index contributed by atoms with van der Waals surface area (Å²) in [5.41, 5.74) is 11.4. The van der Waals surface area contributed by atoms with Crippen LogP contribution in [-0.2, 0) is 5.41 Å². The minimum absolute atomic E-state index is 0.0114. The number of anilines is 3. The third kappa shape index (κ3) is 3.63. The van der Waals surface area contributed by atoms with Crippen molar-refractivity contribution in [3.8, 4) is 22.3 Å². The second-order valence-corrected chi connectivity index (χ2v) is 10.7. The lowest BCUT2D eigenvalue weighted by Gasteiger charge is -2.26. The van der Waals surface area contributed by atoms with E-state index >= 15 is 0 Å². The Morgan fingerprint density at radius 1 is 0.421 bits per heavy atom. The maximum absolute atomic E-state index is 2.41. The van der Waals surface area contributed by atoms with E-state index in [1.807, 2.05) is 0 Å². The topological polar surface area (TPSA) is 3.24 Å². The minimum Gasteiger partial charge on any atom is -0.310 e. The molecule has 0 unspecified atom stereocenters. The van der Waals surface area contributed by atoms with Gasteiger partial charge in [-0.25, -0.2) is 0 Å². The first-order valence-corrected chi connectivity index (χ1v) is 13.3. The molecular weight excluding hydrogens is 458 g/mol. The molecule has 0 aromatic heterocycles. The summed E-state index contributed by atoms with van der Waals surface area (Å²) in [6.45, 7) is 4.69. The first-order chi connectivity index (χ1) is 18.6. The molecule has 1 heteroatoms. The predicted molar refractivity (Wildman–Crippen MR) is 162 cm³/mol. The lowest BCUT2D eigenvalue weighted by Crippen LogP contribution is -2.14. The van der Waals surface area contributed by atoms with Crippen LogP contribution < -0.4 is 4.90 Å². The van der Waals surface area contributed by atoms with Crippen LogP contribution >= 0.6 is 0 Å². The molecule has 0 bridgehead atoms. The second kappa shape index (κ2) is 8.75. The summed E-state index contributed by atoms with van der Waals surface area (Å²) in [4.78, 5) is 2.35. The predicted octanol–water partition coefficient (Wildman–Crippen LogP) is 10.3. The number of hydrogen-bond donors (Lipinski definition) is 0. The Hall–Kier alpha value is -4.62. The van der Waals surface area contributed by atoms with E-state index in [4.69, 9.17) is 0 Å². The molecule has 1 aliphatic rings. The van der Waals surface area contributed by atoms with E-state index in [0.29, 0.717) is 0 Å². The van der Waals surface area contributed by atoms with E-state index < -0.39 is 0 Å². The Morgan fingerprint density at radius 3 is 1.79 bits per heavy atom. The maximum atomic E-state index is 2.41. The molecule has 182 valence electrons. The molecule has 0 amide bonds. The normalized spacial score (nSPS) is 13.2. The number of nitrogens with zero attached hydrogens (tertiary/aromatic N) is 1. The molecule has 0 spiro atoms. The average Bonchev–Trinajstić information content (AvgIpc) is 3.19. The van der Waals surface area contributed by atoms with Crippen molar-refractivity contribution < 1.29 is 0 Å². The molecule has 7 rings (SSSR count). The average molecular weight is 488 g/mol. The molecule has 0 fully saturated rings. The fraction of sp³-hybridized carbons (Fsp3) is 0.0811. The highest BCUT2D eigenvalue weighted by Gasteiger charge is 2.35. The van der Waals surface area contributed by atoms with Crippen molar-refractivity contribution in [1.29, 1.82) is 0 Å². The van der Waals surface area contributed by atoms with Gasteiger partial charge in [0.15, 0.2) is 0 Å². The fourth-order valence-electron chi connectivity index (χ4n) is 6.03. The number of hydrogen-bond acceptors (Lipinski definition) is 1. The molecular formula is C37H29N. The summed E-state index contributed by atoms with van der Waals surface area (Å²) in [6.07, 6.45) is 0. The summed E-state index contributed by atoms with van der Waals surface area (Å²) in [7, 11) is 0. The van der Waals surface area contributed by atoms with Crippen molar-refractivity contribution in [1.82, 2.24) is 0 Å². The highest BCUT2D eigenvalue weighted by atomic mass is 15.1. The summed E-state index contributed by atoms with van der Waals surface area (Å²) >= 11 is 0. The van der Waals surface area contributed by atoms with Crippen LogP contribution in [0.2, 0.25) is 0 Å². The van der Waals surface area contributed by atoms with Crippen LogP contribution in [-0.4, -0.2) is 0 Å². The Bertz CT molecular complexity index is 1760. The van der Waals surface area contributed by atoms with Crippen LogP contribution in [0, 0.1) is 0 Å². The van der Waals surface area contributed by atoms with E-state index in [2.05, 4.69) is 158 Å². The maximum Gasteiger partial charge on any atom is 0.0468 e. The van der Waals surface area contributed by atoms with Gasteiger partial charge in [0.1, 0.15) is 0 Å². The van der Waals surface area contributed by atoms with Gasteiger partial charge >= 0.3 is 0 Å². The molecule has 6 aromatic rings. The van der Waals surface area contributed by atoms with Gasteiger partial charge in [-0.15, -0.1) is 0 Å². The smallest absolute Gasteiger partial charge is 0.0468 e. The highest BCUT2D eigenvalue weighted by Crippen LogP contribution is 2.50. The van der Waals surface area contributed by atoms with Gasteiger partial charge in [0.05, 0.1) is 0 Å². The third-order valence-electron chi connectivity index (χ3n) is 8.03. The Kier molecular flexibility index (Phi) is 5.19. The first kappa shape index (κ1) is 22.6. The molecule has 1 aliphatic carbocycles. The Labute approximate surface area is 224 Å². The zero-order valence-electron chi connectivity index (χ0n) is 21.7. The van der Waals surface area contributed by atoms with Crippen molar-refractivity contribution in [3.63, 3.8) is 0 Å². The quantitative estimate of drug-likeness (QED) is 0.239. The van der Waals surface area contributed by atoms with Crippen LogP contribution in [0.1, 0.15) is 25.0 Å². The molecule has 0 atom stereocenters. The summed E-state index contributed by atoms with van der Waals surface area (Å²) in [5, 5.41) is 2.54. The number of fused-ring (bicyclic) bond motifs is 4. The second-order valence-electron chi connectivity index (χ2n) is 10.7. The van der Waals surface area contributed by atoms with Crippen LogP contribution in [0.4, 0.5) is 17.1 Å². The molecule has 0 aliphatic heterocycles. The Balaban J connectivity index is 1.35. The van der Waals surface area contributed by atoms with Crippen molar-refractivity contribution in [3.05, 3.63) is 151 Å². The van der Waals surface area contributed by atoms with E-state index in [1.165, 1.54) is 44.2 Å². The van der Waals surface area contributed by atoms with Gasteiger partial charge in [0, 0.05) is 22.5 Å². The van der Waals surface area contributed by atoms with Gasteiger partial charge in [-0.1, -0.05) is 105 Å². The molecule has 0 saturated carbocycles. The Morgan fingerprint density at radius 2 is 1.03 bits per heavy atom. The zero-order chi connectivity index (χ0) is 25.7. The molecule has 0 radical (unpaired) electrons. The SMILES string of the molecule is CC1(C)c2ccccc2-c2cc3ccc(N(c4ccccc4)c4ccc(-c5ccccc5)cc4)cc3cc21. The van der Waals surface area contributed by atoms with Gasteiger partial charge in [0.25, 0.3) is 0 Å². The number of para-hydroxylation sites is 1. The third-order valence-corrected chi connectivity index (χ3v) is 8.03. The molecule has 38 heavy (non-hydrogen) atoms. The van der Waals surface area contributed by atoms with Crippen LogP contribution in [0.5, 0.6) is 0 Å². The van der Waals surface area contributed by atoms with E-state index in [-0.39, 0.29) is 5.41 Å². The van der Waals surface area contributed by atoms with Crippen LogP contribution in [0.3, 0.4) is 0 Å². The summed E-state index contributed by atoms with van der Waals surface area (Å²) in [6, 6.07) is 50.6. The van der Waals surface area contributed by atoms with Gasteiger partial charge in [-0.2, -0.15) is 0 Å². The van der Waals surface area contributed by atoms with Gasteiger partial charge < -0.3 is 4.90 Å². The lowest BCUT2D eigenvalue weighted by atomic mass is 9.82. The van der Waals surface area contributed by atoms with Crippen molar-refractivity contribution in [2.24, 2.45) is 0 Å². The molecule has 0 N–H and O–H groups in total. The van der Waals surface area contributed by atoms with Gasteiger partial charge in [-0.3, -0.25) is 0 Å². The monoisotopic (exact) mass is 487 g/mol. The number of rotatable bonds is 4. The molecule has 0 saturated heterocycles. The van der Waals surface area contributed by atoms with Crippen molar-refractivity contribution in [2.45, 2.75) is 19.3 Å². The summed E-state index contributed by atoms with van der Waals surface area (Å²) in [5.74, 6) is 0. The van der Waals surface area contributed by atoms with E-state index in [9.17, 15) is 0 Å². The fourth-order valence-corrected chi connectivity index (χ4v) is 6.03. The first-order valence-electron chi connectivity index (χ1n) is 13.3. The van der Waals surface area contributed by atoms with Crippen molar-refractivity contribution in [2.75, 3.05) is 4.90 Å². The molecule has 6 aromatic carbocycles. The van der Waals surface area contributed by atoms with Crippen LogP contribution in [0.15, 0.2) is 140 Å². The van der Waals surface area contributed by atoms with Crippen molar-refractivity contribution >= 4 is 27.8 Å². The van der Waals surface area contributed by atoms with E-state index in [1.54, 1.807) is 0 Å². The van der Waals surface area contributed by atoms with Gasteiger partial charge in [0.2, 0.25) is 0 Å². The number of benzene rings is 6. The molecule has 1 nitrogen and oxygen atoms in total. The summed E-state index contributed by atoms with van der Waals surface area (Å²) < 4.78 is 0. The molecule has 0 heterocycles. The lowest BCUT2D eigenvalue weighted by molar-refractivity contribution is 0.661. The minimum atomic E-state index is -0.0114. The van der Waals surface area contributed by atoms with Crippen LogP contribution in [0.25, 0.3) is 33.0 Å². The highest BCUT2D eigenvalue weighted by molar-refractivity contribution is 5.96.